The molecule has 102 valence electrons. The minimum Gasteiger partial charge on any atom is -0.399 e. The summed E-state index contributed by atoms with van der Waals surface area (Å²) in [5.74, 6) is -2.17. The lowest BCUT2D eigenvalue weighted by Crippen LogP contribution is -2.12. The van der Waals surface area contributed by atoms with Crippen LogP contribution in [-0.2, 0) is 9.84 Å². The lowest BCUT2D eigenvalue weighted by atomic mass is 10.1. The average Bonchev–Trinajstić information content (AvgIpc) is 2.13. The molecule has 0 fully saturated rings. The molecule has 0 saturated heterocycles. The number of hydrogen-bond donors (Lipinski definition) is 1. The molecule has 0 aromatic heterocycles. The lowest BCUT2D eigenvalue weighted by Gasteiger charge is -2.08. The van der Waals surface area contributed by atoms with E-state index in [2.05, 4.69) is 0 Å². The fraction of sp³-hybridized carbons (Fsp3) is 0.500. The molecule has 0 spiro atoms. The number of nitrogens with two attached hydrogens (primary N) is 1. The Morgan fingerprint density at radius 3 is 2.17 bits per heavy atom. The molecule has 18 heavy (non-hydrogen) atoms. The number of rotatable bonds is 5. The van der Waals surface area contributed by atoms with E-state index in [0.717, 1.165) is 12.1 Å². The van der Waals surface area contributed by atoms with Gasteiger partial charge in [-0.3, -0.25) is 0 Å². The Morgan fingerprint density at radius 1 is 1.22 bits per heavy atom. The molecule has 0 atom stereocenters. The van der Waals surface area contributed by atoms with Gasteiger partial charge in [0, 0.05) is 5.69 Å². The molecule has 1 aromatic carbocycles. The summed E-state index contributed by atoms with van der Waals surface area (Å²) in [5, 5.41) is 0. The molecule has 0 aliphatic carbocycles. The van der Waals surface area contributed by atoms with Crippen LogP contribution in [0.3, 0.4) is 0 Å². The first-order chi connectivity index (χ1) is 8.24. The van der Waals surface area contributed by atoms with Crippen LogP contribution in [0.5, 0.6) is 0 Å². The van der Waals surface area contributed by atoms with E-state index in [9.17, 15) is 17.2 Å². The van der Waals surface area contributed by atoms with Gasteiger partial charge in [0.05, 0.1) is 5.75 Å². The predicted molar refractivity (Wildman–Crippen MR) is 66.9 cm³/mol. The number of hydrogen-bond acceptors (Lipinski definition) is 3. The molecule has 0 unspecified atom stereocenters. The maximum absolute atomic E-state index is 13.5. The number of anilines is 1. The van der Waals surface area contributed by atoms with Crippen LogP contribution in [0.15, 0.2) is 17.0 Å². The fourth-order valence-electron chi connectivity index (χ4n) is 1.66. The van der Waals surface area contributed by atoms with Crippen LogP contribution in [0.1, 0.15) is 26.7 Å². The standard InChI is InChI=1S/C12H17F2NO2S/c1-8(2)4-3-5-18(16,17)12-10(13)6-9(15)7-11(12)14/h6-8H,3-5,15H2,1-2H3. The highest BCUT2D eigenvalue weighted by Gasteiger charge is 2.24. The van der Waals surface area contributed by atoms with Gasteiger partial charge in [-0.15, -0.1) is 0 Å². The molecular weight excluding hydrogens is 260 g/mol. The van der Waals surface area contributed by atoms with Crippen molar-refractivity contribution in [3.63, 3.8) is 0 Å². The third kappa shape index (κ3) is 3.66. The molecule has 0 amide bonds. The molecule has 2 N–H and O–H groups in total. The highest BCUT2D eigenvalue weighted by molar-refractivity contribution is 7.91. The van der Waals surface area contributed by atoms with Crippen molar-refractivity contribution in [2.75, 3.05) is 11.5 Å². The maximum Gasteiger partial charge on any atom is 0.184 e. The minimum atomic E-state index is -3.94. The van der Waals surface area contributed by atoms with E-state index < -0.39 is 26.4 Å². The van der Waals surface area contributed by atoms with Gasteiger partial charge in [0.2, 0.25) is 0 Å². The van der Waals surface area contributed by atoms with Gasteiger partial charge in [-0.25, -0.2) is 17.2 Å². The monoisotopic (exact) mass is 277 g/mol. The van der Waals surface area contributed by atoms with Crippen LogP contribution in [0, 0.1) is 17.6 Å². The Bertz CT molecular complexity index is 504. The smallest absolute Gasteiger partial charge is 0.184 e. The summed E-state index contributed by atoms with van der Waals surface area (Å²) in [6.45, 7) is 3.91. The molecule has 0 aliphatic rings. The molecule has 0 aliphatic heterocycles. The molecule has 3 nitrogen and oxygen atoms in total. The van der Waals surface area contributed by atoms with Gasteiger partial charge in [-0.2, -0.15) is 0 Å². The molecule has 1 rings (SSSR count). The third-order valence-corrected chi connectivity index (χ3v) is 4.36. The number of halogens is 2. The number of nitrogen functional groups attached to an aromatic ring is 1. The highest BCUT2D eigenvalue weighted by atomic mass is 32.2. The Hall–Kier alpha value is -1.17. The second-order valence-corrected chi connectivity index (χ2v) is 6.71. The zero-order valence-corrected chi connectivity index (χ0v) is 11.2. The van der Waals surface area contributed by atoms with Gasteiger partial charge in [0.1, 0.15) is 16.5 Å². The van der Waals surface area contributed by atoms with E-state index in [0.29, 0.717) is 18.8 Å². The van der Waals surface area contributed by atoms with Crippen molar-refractivity contribution in [3.8, 4) is 0 Å². The summed E-state index contributed by atoms with van der Waals surface area (Å²) < 4.78 is 50.7. The topological polar surface area (TPSA) is 60.2 Å². The van der Waals surface area contributed by atoms with Crippen molar-refractivity contribution in [1.29, 1.82) is 0 Å². The van der Waals surface area contributed by atoms with Crippen LogP contribution >= 0.6 is 0 Å². The van der Waals surface area contributed by atoms with Crippen LogP contribution < -0.4 is 5.73 Å². The van der Waals surface area contributed by atoms with E-state index in [4.69, 9.17) is 5.73 Å². The van der Waals surface area contributed by atoms with E-state index in [1.807, 2.05) is 13.8 Å². The Balaban J connectivity index is 2.99. The van der Waals surface area contributed by atoms with Gasteiger partial charge in [-0.1, -0.05) is 13.8 Å². The normalized spacial score (nSPS) is 12.1. The summed E-state index contributed by atoms with van der Waals surface area (Å²) >= 11 is 0. The quantitative estimate of drug-likeness (QED) is 0.842. The molecule has 0 heterocycles. The summed E-state index contributed by atoms with van der Waals surface area (Å²) in [6.07, 6.45) is 1.07. The van der Waals surface area contributed by atoms with Crippen molar-refractivity contribution in [3.05, 3.63) is 23.8 Å². The summed E-state index contributed by atoms with van der Waals surface area (Å²) in [6, 6.07) is 1.64. The van der Waals surface area contributed by atoms with Crippen molar-refractivity contribution < 1.29 is 17.2 Å². The van der Waals surface area contributed by atoms with Crippen molar-refractivity contribution >= 4 is 15.5 Å². The highest BCUT2D eigenvalue weighted by Crippen LogP contribution is 2.23. The van der Waals surface area contributed by atoms with Gasteiger partial charge < -0.3 is 5.73 Å². The third-order valence-electron chi connectivity index (χ3n) is 2.53. The van der Waals surface area contributed by atoms with Gasteiger partial charge in [0.25, 0.3) is 0 Å². The zero-order valence-electron chi connectivity index (χ0n) is 10.4. The first-order valence-corrected chi connectivity index (χ1v) is 7.36. The largest absolute Gasteiger partial charge is 0.399 e. The second-order valence-electron chi connectivity index (χ2n) is 4.67. The second kappa shape index (κ2) is 5.65. The zero-order chi connectivity index (χ0) is 13.9. The molecule has 6 heteroatoms. The number of sulfone groups is 1. The summed E-state index contributed by atoms with van der Waals surface area (Å²) in [4.78, 5) is -0.875. The van der Waals surface area contributed by atoms with Gasteiger partial charge in [0.15, 0.2) is 9.84 Å². The van der Waals surface area contributed by atoms with E-state index in [1.54, 1.807) is 0 Å². The predicted octanol–water partition coefficient (Wildman–Crippen LogP) is 2.76. The molecule has 1 aromatic rings. The lowest BCUT2D eigenvalue weighted by molar-refractivity contribution is 0.516. The summed E-state index contributed by atoms with van der Waals surface area (Å²) in [5.41, 5.74) is 5.10. The SMILES string of the molecule is CC(C)CCCS(=O)(=O)c1c(F)cc(N)cc1F. The van der Waals surface area contributed by atoms with E-state index in [1.165, 1.54) is 0 Å². The van der Waals surface area contributed by atoms with Crippen LogP contribution in [-0.4, -0.2) is 14.2 Å². The van der Waals surface area contributed by atoms with E-state index >= 15 is 0 Å². The molecular formula is C12H17F2NO2S. The van der Waals surface area contributed by atoms with Crippen molar-refractivity contribution in [2.24, 2.45) is 5.92 Å². The molecule has 0 saturated carbocycles. The molecule has 0 radical (unpaired) electrons. The van der Waals surface area contributed by atoms with E-state index in [-0.39, 0.29) is 11.4 Å². The minimum absolute atomic E-state index is 0.133. The first kappa shape index (κ1) is 14.9. The van der Waals surface area contributed by atoms with Crippen LogP contribution in [0.4, 0.5) is 14.5 Å². The average molecular weight is 277 g/mol. The Morgan fingerprint density at radius 2 is 1.72 bits per heavy atom. The van der Waals surface area contributed by atoms with Crippen molar-refractivity contribution in [1.82, 2.24) is 0 Å². The van der Waals surface area contributed by atoms with Crippen molar-refractivity contribution in [2.45, 2.75) is 31.6 Å². The Labute approximate surface area is 106 Å². The van der Waals surface area contributed by atoms with Crippen LogP contribution in [0.25, 0.3) is 0 Å². The van der Waals surface area contributed by atoms with Gasteiger partial charge in [-0.05, 0) is 30.9 Å². The molecule has 0 bridgehead atoms. The summed E-state index contributed by atoms with van der Waals surface area (Å²) in [7, 11) is -3.94. The van der Waals surface area contributed by atoms with Gasteiger partial charge >= 0.3 is 0 Å². The fourth-order valence-corrected chi connectivity index (χ4v) is 3.12. The maximum atomic E-state index is 13.5. The van der Waals surface area contributed by atoms with Crippen LogP contribution in [0.2, 0.25) is 0 Å². The first-order valence-electron chi connectivity index (χ1n) is 5.71. The number of benzene rings is 1. The Kier molecular flexibility index (Phi) is 4.67.